The quantitative estimate of drug-likeness (QED) is 0.537. The smallest absolute Gasteiger partial charge is 0.379 e. The second-order valence-corrected chi connectivity index (χ2v) is 8.01. The van der Waals surface area contributed by atoms with E-state index in [1.807, 2.05) is 4.90 Å². The molecule has 33 heavy (non-hydrogen) atoms. The van der Waals surface area contributed by atoms with Gasteiger partial charge in [0.2, 0.25) is 5.95 Å². The normalized spacial score (nSPS) is 19.5. The molecule has 11 heteroatoms. The standard InChI is InChI=1S/C22H28F3N7O/c23-22(24,25)18-4-2-17(3-5-18)19(30-12-14-33-15-13-30)16-29-20(26)31-8-10-32(11-9-31)21-27-6-1-7-28-21/h1-7,19H,8-16H2,(H2,26,29). The number of guanidine groups is 1. The molecule has 0 radical (unpaired) electrons. The second-order valence-electron chi connectivity index (χ2n) is 8.01. The minimum atomic E-state index is -4.36. The van der Waals surface area contributed by atoms with Crippen LogP contribution in [-0.2, 0) is 10.9 Å². The summed E-state index contributed by atoms with van der Waals surface area (Å²) in [5, 5.41) is 0. The monoisotopic (exact) mass is 463 g/mol. The van der Waals surface area contributed by atoms with Crippen LogP contribution in [0.2, 0.25) is 0 Å². The lowest BCUT2D eigenvalue weighted by Crippen LogP contribution is -2.51. The topological polar surface area (TPSA) is 83.1 Å². The predicted octanol–water partition coefficient (Wildman–Crippen LogP) is 2.01. The lowest BCUT2D eigenvalue weighted by atomic mass is 10.0. The Kier molecular flexibility index (Phi) is 7.29. The number of hydrogen-bond donors (Lipinski definition) is 1. The average Bonchev–Trinajstić information content (AvgIpc) is 2.85. The number of ether oxygens (including phenoxy) is 1. The summed E-state index contributed by atoms with van der Waals surface area (Å²) >= 11 is 0. The van der Waals surface area contributed by atoms with Gasteiger partial charge in [-0.1, -0.05) is 12.1 Å². The highest BCUT2D eigenvalue weighted by atomic mass is 19.4. The van der Waals surface area contributed by atoms with Gasteiger partial charge in [-0.05, 0) is 23.8 Å². The number of hydrogen-bond acceptors (Lipinski definition) is 6. The van der Waals surface area contributed by atoms with Crippen molar-refractivity contribution in [2.45, 2.75) is 12.2 Å². The van der Waals surface area contributed by atoms with E-state index in [-0.39, 0.29) is 6.04 Å². The summed E-state index contributed by atoms with van der Waals surface area (Å²) < 4.78 is 44.4. The number of piperazine rings is 1. The zero-order valence-corrected chi connectivity index (χ0v) is 18.3. The first kappa shape index (κ1) is 23.2. The molecule has 0 aliphatic carbocycles. The summed E-state index contributed by atoms with van der Waals surface area (Å²) in [5.41, 5.74) is 6.43. The third kappa shape index (κ3) is 5.91. The fourth-order valence-corrected chi connectivity index (χ4v) is 4.09. The van der Waals surface area contributed by atoms with Crippen LogP contribution in [0.15, 0.2) is 47.7 Å². The molecule has 0 spiro atoms. The Hall–Kier alpha value is -2.92. The van der Waals surface area contributed by atoms with Crippen molar-refractivity contribution in [3.63, 3.8) is 0 Å². The average molecular weight is 464 g/mol. The number of aromatic nitrogens is 2. The van der Waals surface area contributed by atoms with Gasteiger partial charge in [0.1, 0.15) is 0 Å². The van der Waals surface area contributed by atoms with Gasteiger partial charge in [-0.25, -0.2) is 9.97 Å². The van der Waals surface area contributed by atoms with Gasteiger partial charge in [0.15, 0.2) is 5.96 Å². The number of nitrogens with two attached hydrogens (primary N) is 1. The van der Waals surface area contributed by atoms with Crippen LogP contribution in [0.1, 0.15) is 17.2 Å². The van der Waals surface area contributed by atoms with Gasteiger partial charge in [-0.15, -0.1) is 0 Å². The molecule has 1 aromatic carbocycles. The third-order valence-corrected chi connectivity index (χ3v) is 5.97. The van der Waals surface area contributed by atoms with Crippen molar-refractivity contribution in [1.29, 1.82) is 0 Å². The zero-order valence-electron chi connectivity index (χ0n) is 18.3. The van der Waals surface area contributed by atoms with Gasteiger partial charge in [0, 0.05) is 51.7 Å². The van der Waals surface area contributed by atoms with E-state index >= 15 is 0 Å². The Morgan fingerprint density at radius 1 is 1.00 bits per heavy atom. The molecule has 2 aliphatic heterocycles. The molecular weight excluding hydrogens is 435 g/mol. The molecule has 2 saturated heterocycles. The molecule has 0 bridgehead atoms. The Labute approximate surface area is 190 Å². The summed E-state index contributed by atoms with van der Waals surface area (Å²) in [5.74, 6) is 1.14. The minimum Gasteiger partial charge on any atom is -0.379 e. The van der Waals surface area contributed by atoms with Crippen molar-refractivity contribution < 1.29 is 17.9 Å². The summed E-state index contributed by atoms with van der Waals surface area (Å²) in [7, 11) is 0. The Morgan fingerprint density at radius 2 is 1.64 bits per heavy atom. The van der Waals surface area contributed by atoms with Crippen molar-refractivity contribution in [1.82, 2.24) is 19.8 Å². The van der Waals surface area contributed by atoms with E-state index in [1.54, 1.807) is 18.5 Å². The molecule has 8 nitrogen and oxygen atoms in total. The number of anilines is 1. The molecule has 2 N–H and O–H groups in total. The van der Waals surface area contributed by atoms with E-state index in [4.69, 9.17) is 10.5 Å². The number of rotatable bonds is 5. The summed E-state index contributed by atoms with van der Waals surface area (Å²) in [6.07, 6.45) is -0.919. The van der Waals surface area contributed by atoms with E-state index in [0.717, 1.165) is 30.8 Å². The molecule has 4 rings (SSSR count). The maximum Gasteiger partial charge on any atom is 0.416 e. The van der Waals surface area contributed by atoms with Crippen LogP contribution in [0.3, 0.4) is 0 Å². The van der Waals surface area contributed by atoms with Gasteiger partial charge >= 0.3 is 6.18 Å². The van der Waals surface area contributed by atoms with Crippen molar-refractivity contribution in [2.24, 2.45) is 10.7 Å². The Balaban J connectivity index is 1.42. The first-order valence-corrected chi connectivity index (χ1v) is 11.0. The number of morpholine rings is 1. The first-order valence-electron chi connectivity index (χ1n) is 11.0. The molecule has 1 atom stereocenters. The van der Waals surface area contributed by atoms with Gasteiger partial charge in [-0.3, -0.25) is 9.89 Å². The molecule has 0 saturated carbocycles. The van der Waals surface area contributed by atoms with Crippen LogP contribution >= 0.6 is 0 Å². The molecule has 2 aromatic rings. The van der Waals surface area contributed by atoms with Gasteiger partial charge < -0.3 is 20.3 Å². The summed E-state index contributed by atoms with van der Waals surface area (Å²) in [4.78, 5) is 19.5. The van der Waals surface area contributed by atoms with Crippen molar-refractivity contribution in [2.75, 3.05) is 63.9 Å². The molecule has 1 aromatic heterocycles. The van der Waals surface area contributed by atoms with E-state index in [9.17, 15) is 13.2 Å². The molecule has 2 fully saturated rings. The van der Waals surface area contributed by atoms with E-state index in [2.05, 4.69) is 24.8 Å². The van der Waals surface area contributed by atoms with Crippen LogP contribution in [0.25, 0.3) is 0 Å². The maximum atomic E-state index is 13.0. The van der Waals surface area contributed by atoms with E-state index in [1.165, 1.54) is 12.1 Å². The lowest BCUT2D eigenvalue weighted by Gasteiger charge is -2.36. The number of aliphatic imine (C=N–C) groups is 1. The molecule has 0 amide bonds. The fraction of sp³-hybridized carbons (Fsp3) is 0.500. The minimum absolute atomic E-state index is 0.172. The van der Waals surface area contributed by atoms with E-state index in [0.29, 0.717) is 57.8 Å². The van der Waals surface area contributed by atoms with Crippen LogP contribution < -0.4 is 10.6 Å². The zero-order chi connectivity index (χ0) is 23.3. The number of nitrogens with zero attached hydrogens (tertiary/aromatic N) is 6. The molecule has 1 unspecified atom stereocenters. The van der Waals surface area contributed by atoms with Crippen LogP contribution in [0, 0.1) is 0 Å². The van der Waals surface area contributed by atoms with Crippen molar-refractivity contribution in [3.05, 3.63) is 53.9 Å². The Bertz CT molecular complexity index is 910. The summed E-state index contributed by atoms with van der Waals surface area (Å²) in [6, 6.07) is 6.93. The van der Waals surface area contributed by atoms with Crippen molar-refractivity contribution >= 4 is 11.9 Å². The van der Waals surface area contributed by atoms with Crippen LogP contribution in [0.5, 0.6) is 0 Å². The molecule has 3 heterocycles. The first-order chi connectivity index (χ1) is 15.9. The SMILES string of the molecule is NC(=NCC(c1ccc(C(F)(F)F)cc1)N1CCOCC1)N1CCN(c2ncccn2)CC1. The summed E-state index contributed by atoms with van der Waals surface area (Å²) in [6.45, 7) is 5.75. The number of alkyl halides is 3. The van der Waals surface area contributed by atoms with Crippen LogP contribution in [0.4, 0.5) is 19.1 Å². The highest BCUT2D eigenvalue weighted by molar-refractivity contribution is 5.78. The predicted molar refractivity (Wildman–Crippen MR) is 119 cm³/mol. The highest BCUT2D eigenvalue weighted by Crippen LogP contribution is 2.31. The van der Waals surface area contributed by atoms with E-state index < -0.39 is 11.7 Å². The Morgan fingerprint density at radius 3 is 2.24 bits per heavy atom. The lowest BCUT2D eigenvalue weighted by molar-refractivity contribution is -0.137. The van der Waals surface area contributed by atoms with Crippen molar-refractivity contribution in [3.8, 4) is 0 Å². The highest BCUT2D eigenvalue weighted by Gasteiger charge is 2.31. The third-order valence-electron chi connectivity index (χ3n) is 5.97. The largest absolute Gasteiger partial charge is 0.416 e. The number of benzene rings is 1. The maximum absolute atomic E-state index is 13.0. The molecule has 178 valence electrons. The molecule has 2 aliphatic rings. The molecular formula is C22H28F3N7O. The second kappa shape index (κ2) is 10.3. The van der Waals surface area contributed by atoms with Gasteiger partial charge in [0.25, 0.3) is 0 Å². The van der Waals surface area contributed by atoms with Crippen LogP contribution in [-0.4, -0.2) is 84.8 Å². The van der Waals surface area contributed by atoms with Gasteiger partial charge in [-0.2, -0.15) is 13.2 Å². The fourth-order valence-electron chi connectivity index (χ4n) is 4.09. The van der Waals surface area contributed by atoms with Gasteiger partial charge in [0.05, 0.1) is 31.4 Å². The number of halogens is 3.